The van der Waals surface area contributed by atoms with Gasteiger partial charge in [-0.15, -0.1) is 11.3 Å². The Morgan fingerprint density at radius 1 is 1.19 bits per heavy atom. The molecule has 0 spiro atoms. The number of thiazole rings is 1. The second-order valence-corrected chi connectivity index (χ2v) is 9.20. The first kappa shape index (κ1) is 20.3. The number of piperidine rings is 1. The molecule has 27 heavy (non-hydrogen) atoms. The number of hydrogen-bond acceptors (Lipinski definition) is 4. The highest BCUT2D eigenvalue weighted by atomic mass is 32.1. The van der Waals surface area contributed by atoms with Crippen LogP contribution in [0.2, 0.25) is 0 Å². The number of nitrogens with one attached hydrogen (secondary N) is 1. The first-order valence-electron chi connectivity index (χ1n) is 10.6. The third-order valence-corrected chi connectivity index (χ3v) is 6.94. The minimum absolute atomic E-state index is 0.0255. The maximum absolute atomic E-state index is 12.7. The Morgan fingerprint density at radius 3 is 2.56 bits per heavy atom. The minimum Gasteiger partial charge on any atom is -0.355 e. The van der Waals surface area contributed by atoms with E-state index in [9.17, 15) is 9.59 Å². The molecule has 1 saturated carbocycles. The molecule has 2 fully saturated rings. The van der Waals surface area contributed by atoms with Crippen LogP contribution >= 0.6 is 11.3 Å². The van der Waals surface area contributed by atoms with Crippen molar-refractivity contribution in [3.05, 3.63) is 16.1 Å². The molecular formula is C21H33N3O2S. The minimum atomic E-state index is 0.0255. The molecule has 0 radical (unpaired) electrons. The summed E-state index contributed by atoms with van der Waals surface area (Å²) in [4.78, 5) is 31.2. The third kappa shape index (κ3) is 5.53. The molecule has 1 aromatic heterocycles. The Morgan fingerprint density at radius 2 is 1.89 bits per heavy atom. The van der Waals surface area contributed by atoms with E-state index < -0.39 is 0 Å². The fraction of sp³-hybridized carbons (Fsp3) is 0.762. The first-order valence-corrected chi connectivity index (χ1v) is 11.4. The lowest BCUT2D eigenvalue weighted by atomic mass is 9.87. The van der Waals surface area contributed by atoms with Crippen LogP contribution in [0.4, 0.5) is 0 Å². The van der Waals surface area contributed by atoms with Gasteiger partial charge in [0.15, 0.2) is 0 Å². The van der Waals surface area contributed by atoms with Crippen molar-refractivity contribution in [2.45, 2.75) is 71.1 Å². The van der Waals surface area contributed by atoms with Gasteiger partial charge in [-0.05, 0) is 25.7 Å². The number of amides is 2. The van der Waals surface area contributed by atoms with Crippen LogP contribution in [0, 0.1) is 11.8 Å². The molecule has 2 heterocycles. The molecule has 1 N–H and O–H groups in total. The molecule has 0 aromatic carbocycles. The molecule has 5 nitrogen and oxygen atoms in total. The largest absolute Gasteiger partial charge is 0.355 e. The Labute approximate surface area is 166 Å². The highest BCUT2D eigenvalue weighted by Gasteiger charge is 2.30. The second-order valence-electron chi connectivity index (χ2n) is 8.31. The van der Waals surface area contributed by atoms with Crippen molar-refractivity contribution in [2.75, 3.05) is 19.6 Å². The molecule has 1 saturated heterocycles. The summed E-state index contributed by atoms with van der Waals surface area (Å²) in [7, 11) is 0. The van der Waals surface area contributed by atoms with E-state index in [2.05, 4.69) is 15.6 Å². The molecule has 2 amide bonds. The Kier molecular flexibility index (Phi) is 7.27. The summed E-state index contributed by atoms with van der Waals surface area (Å²) in [5, 5.41) is 6.27. The van der Waals surface area contributed by atoms with E-state index >= 15 is 0 Å². The van der Waals surface area contributed by atoms with E-state index in [1.54, 1.807) is 11.3 Å². The van der Waals surface area contributed by atoms with E-state index in [-0.39, 0.29) is 17.7 Å². The van der Waals surface area contributed by atoms with E-state index in [0.717, 1.165) is 50.9 Å². The topological polar surface area (TPSA) is 62.3 Å². The maximum Gasteiger partial charge on any atom is 0.225 e. The van der Waals surface area contributed by atoms with Crippen molar-refractivity contribution < 1.29 is 9.59 Å². The fourth-order valence-electron chi connectivity index (χ4n) is 4.10. The highest BCUT2D eigenvalue weighted by Crippen LogP contribution is 2.32. The lowest BCUT2D eigenvalue weighted by Gasteiger charge is -2.34. The molecule has 1 aliphatic carbocycles. The zero-order valence-corrected chi connectivity index (χ0v) is 17.5. The van der Waals surface area contributed by atoms with Crippen LogP contribution in [-0.4, -0.2) is 41.3 Å². The van der Waals surface area contributed by atoms with E-state index in [4.69, 9.17) is 4.98 Å². The van der Waals surface area contributed by atoms with Crippen molar-refractivity contribution in [1.29, 1.82) is 0 Å². The second kappa shape index (κ2) is 9.67. The number of rotatable bonds is 6. The maximum atomic E-state index is 12.7. The van der Waals surface area contributed by atoms with Crippen molar-refractivity contribution in [3.8, 4) is 0 Å². The average Bonchev–Trinajstić information content (AvgIpc) is 3.17. The summed E-state index contributed by atoms with van der Waals surface area (Å²) in [5.41, 5.74) is 1.07. The van der Waals surface area contributed by atoms with Crippen LogP contribution in [-0.2, 0) is 16.0 Å². The van der Waals surface area contributed by atoms with E-state index in [0.29, 0.717) is 18.4 Å². The van der Waals surface area contributed by atoms with Gasteiger partial charge in [-0.3, -0.25) is 9.59 Å². The zero-order valence-electron chi connectivity index (χ0n) is 16.7. The van der Waals surface area contributed by atoms with Gasteiger partial charge in [0.05, 0.1) is 10.7 Å². The van der Waals surface area contributed by atoms with Gasteiger partial charge in [0.25, 0.3) is 0 Å². The molecule has 0 unspecified atom stereocenters. The van der Waals surface area contributed by atoms with E-state index in [1.165, 1.54) is 24.3 Å². The van der Waals surface area contributed by atoms with Gasteiger partial charge < -0.3 is 10.2 Å². The van der Waals surface area contributed by atoms with Crippen molar-refractivity contribution in [3.63, 3.8) is 0 Å². The van der Waals surface area contributed by atoms with Gasteiger partial charge in [-0.1, -0.05) is 33.1 Å². The van der Waals surface area contributed by atoms with Crippen LogP contribution in [0.1, 0.15) is 75.4 Å². The monoisotopic (exact) mass is 391 g/mol. The van der Waals surface area contributed by atoms with Crippen LogP contribution < -0.4 is 5.32 Å². The van der Waals surface area contributed by atoms with Gasteiger partial charge in [0.2, 0.25) is 11.8 Å². The van der Waals surface area contributed by atoms with Crippen molar-refractivity contribution >= 4 is 23.2 Å². The summed E-state index contributed by atoms with van der Waals surface area (Å²) < 4.78 is 0. The molecule has 1 aromatic rings. The number of aromatic nitrogens is 1. The van der Waals surface area contributed by atoms with Crippen molar-refractivity contribution in [2.24, 2.45) is 11.8 Å². The molecule has 1 aliphatic heterocycles. The summed E-state index contributed by atoms with van der Waals surface area (Å²) in [6.45, 7) is 6.20. The number of likely N-dealkylation sites (tertiary alicyclic amines) is 1. The van der Waals surface area contributed by atoms with Gasteiger partial charge >= 0.3 is 0 Å². The SMILES string of the molecule is CC(C)C(=O)NCCc1csc(C2CCN(C(=O)C3CCCCC3)CC2)n1. The molecule has 6 heteroatoms. The van der Waals surface area contributed by atoms with E-state index in [1.807, 2.05) is 13.8 Å². The zero-order chi connectivity index (χ0) is 19.2. The quantitative estimate of drug-likeness (QED) is 0.803. The average molecular weight is 392 g/mol. The summed E-state index contributed by atoms with van der Waals surface area (Å²) in [5.74, 6) is 1.28. The molecule has 3 rings (SSSR count). The summed E-state index contributed by atoms with van der Waals surface area (Å²) in [6.07, 6.45) is 8.72. The molecule has 2 aliphatic rings. The molecular weight excluding hydrogens is 358 g/mol. The van der Waals surface area contributed by atoms with Gasteiger partial charge in [0, 0.05) is 49.2 Å². The standard InChI is InChI=1S/C21H33N3O2S/c1-15(2)19(25)22-11-8-18-14-27-20(23-18)16-9-12-24(13-10-16)21(26)17-6-4-3-5-7-17/h14-17H,3-13H2,1-2H3,(H,22,25). The van der Waals surface area contributed by atoms with Gasteiger partial charge in [-0.2, -0.15) is 0 Å². The number of hydrogen-bond donors (Lipinski definition) is 1. The summed E-state index contributed by atoms with van der Waals surface area (Å²) >= 11 is 1.73. The summed E-state index contributed by atoms with van der Waals surface area (Å²) in [6, 6.07) is 0. The van der Waals surface area contributed by atoms with Crippen LogP contribution in [0.15, 0.2) is 5.38 Å². The molecule has 0 bridgehead atoms. The van der Waals surface area contributed by atoms with Crippen molar-refractivity contribution in [1.82, 2.24) is 15.2 Å². The predicted molar refractivity (Wildman–Crippen MR) is 109 cm³/mol. The first-order chi connectivity index (χ1) is 13.0. The fourth-order valence-corrected chi connectivity index (χ4v) is 5.12. The number of nitrogens with zero attached hydrogens (tertiary/aromatic N) is 2. The predicted octanol–water partition coefficient (Wildman–Crippen LogP) is 3.74. The normalized spacial score (nSPS) is 19.4. The lowest BCUT2D eigenvalue weighted by molar-refractivity contribution is -0.137. The smallest absolute Gasteiger partial charge is 0.225 e. The van der Waals surface area contributed by atoms with Crippen LogP contribution in [0.25, 0.3) is 0 Å². The lowest BCUT2D eigenvalue weighted by Crippen LogP contribution is -2.41. The van der Waals surface area contributed by atoms with Gasteiger partial charge in [-0.25, -0.2) is 4.98 Å². The van der Waals surface area contributed by atoms with Crippen LogP contribution in [0.3, 0.4) is 0 Å². The molecule has 0 atom stereocenters. The Hall–Kier alpha value is -1.43. The molecule has 150 valence electrons. The Bertz CT molecular complexity index is 629. The number of carbonyl (C=O) groups excluding carboxylic acids is 2. The highest BCUT2D eigenvalue weighted by molar-refractivity contribution is 7.09. The third-order valence-electron chi connectivity index (χ3n) is 5.88. The number of carbonyl (C=O) groups is 2. The van der Waals surface area contributed by atoms with Gasteiger partial charge in [0.1, 0.15) is 0 Å². The Balaban J connectivity index is 1.43. The van der Waals surface area contributed by atoms with Crippen LogP contribution in [0.5, 0.6) is 0 Å².